The number of hydrogen-bond acceptors (Lipinski definition) is 3. The van der Waals surface area contributed by atoms with Crippen molar-refractivity contribution >= 4 is 5.82 Å². The van der Waals surface area contributed by atoms with E-state index in [1.807, 2.05) is 25.9 Å². The first-order valence-corrected chi connectivity index (χ1v) is 5.37. The Bertz CT molecular complexity index is 319. The molecule has 0 aliphatic heterocycles. The van der Waals surface area contributed by atoms with Crippen molar-refractivity contribution in [3.05, 3.63) is 23.4 Å². The van der Waals surface area contributed by atoms with Gasteiger partial charge in [-0.3, -0.25) is 0 Å². The molecular formula is C12H21N3. The van der Waals surface area contributed by atoms with Crippen molar-refractivity contribution in [3.63, 3.8) is 0 Å². The average molecular weight is 207 g/mol. The normalized spacial score (nSPS) is 10.8. The maximum Gasteiger partial charge on any atom is 0.128 e. The smallest absolute Gasteiger partial charge is 0.128 e. The monoisotopic (exact) mass is 207 g/mol. The van der Waals surface area contributed by atoms with Gasteiger partial charge in [-0.2, -0.15) is 0 Å². The second-order valence-corrected chi connectivity index (χ2v) is 4.41. The number of nitrogens with one attached hydrogen (secondary N) is 1. The largest absolute Gasteiger partial charge is 0.363 e. The van der Waals surface area contributed by atoms with Crippen LogP contribution in [0.3, 0.4) is 0 Å². The van der Waals surface area contributed by atoms with Crippen LogP contribution in [-0.2, 0) is 6.54 Å². The molecule has 0 amide bonds. The fraction of sp³-hybridized carbons (Fsp3) is 0.583. The van der Waals surface area contributed by atoms with Crippen LogP contribution in [0, 0.1) is 6.92 Å². The van der Waals surface area contributed by atoms with Crippen molar-refractivity contribution in [2.24, 2.45) is 0 Å². The molecule has 1 heterocycles. The van der Waals surface area contributed by atoms with Crippen LogP contribution in [-0.4, -0.2) is 25.1 Å². The fourth-order valence-electron chi connectivity index (χ4n) is 1.37. The van der Waals surface area contributed by atoms with Crippen LogP contribution in [0.4, 0.5) is 5.82 Å². The topological polar surface area (TPSA) is 28.2 Å². The second kappa shape index (κ2) is 5.12. The molecule has 0 bridgehead atoms. The molecule has 3 nitrogen and oxygen atoms in total. The highest BCUT2D eigenvalue weighted by atomic mass is 15.1. The lowest BCUT2D eigenvalue weighted by atomic mass is 10.2. The Morgan fingerprint density at radius 1 is 1.33 bits per heavy atom. The van der Waals surface area contributed by atoms with Crippen LogP contribution in [0.15, 0.2) is 12.1 Å². The van der Waals surface area contributed by atoms with Gasteiger partial charge in [-0.15, -0.1) is 0 Å². The minimum absolute atomic E-state index is 0.515. The minimum atomic E-state index is 0.515. The van der Waals surface area contributed by atoms with Crippen molar-refractivity contribution in [3.8, 4) is 0 Å². The summed E-state index contributed by atoms with van der Waals surface area (Å²) in [5.74, 6) is 1.02. The first kappa shape index (κ1) is 12.0. The highest BCUT2D eigenvalue weighted by Crippen LogP contribution is 2.12. The Labute approximate surface area is 92.5 Å². The third kappa shape index (κ3) is 3.88. The molecule has 0 saturated heterocycles. The molecular weight excluding hydrogens is 186 g/mol. The van der Waals surface area contributed by atoms with Gasteiger partial charge in [0, 0.05) is 32.4 Å². The van der Waals surface area contributed by atoms with Crippen LogP contribution in [0.25, 0.3) is 0 Å². The fourth-order valence-corrected chi connectivity index (χ4v) is 1.37. The van der Waals surface area contributed by atoms with Crippen molar-refractivity contribution in [1.82, 2.24) is 10.3 Å². The number of hydrogen-bond donors (Lipinski definition) is 1. The predicted octanol–water partition coefficient (Wildman–Crippen LogP) is 1.95. The number of anilines is 1. The van der Waals surface area contributed by atoms with E-state index in [2.05, 4.69) is 36.3 Å². The van der Waals surface area contributed by atoms with Gasteiger partial charge in [0.2, 0.25) is 0 Å². The molecule has 0 radical (unpaired) electrons. The highest BCUT2D eigenvalue weighted by molar-refractivity contribution is 5.40. The second-order valence-electron chi connectivity index (χ2n) is 4.41. The zero-order valence-electron chi connectivity index (χ0n) is 10.3. The van der Waals surface area contributed by atoms with E-state index in [0.29, 0.717) is 6.04 Å². The van der Waals surface area contributed by atoms with E-state index in [0.717, 1.165) is 18.1 Å². The Kier molecular flexibility index (Phi) is 4.09. The summed E-state index contributed by atoms with van der Waals surface area (Å²) in [6.45, 7) is 7.25. The zero-order valence-corrected chi connectivity index (χ0v) is 10.3. The summed E-state index contributed by atoms with van der Waals surface area (Å²) in [6, 6.07) is 4.77. The first-order chi connectivity index (χ1) is 6.99. The van der Waals surface area contributed by atoms with E-state index in [1.165, 1.54) is 5.56 Å². The molecule has 1 aromatic heterocycles. The van der Waals surface area contributed by atoms with Gasteiger partial charge in [-0.25, -0.2) is 4.98 Å². The molecule has 1 aromatic rings. The third-order valence-corrected chi connectivity index (χ3v) is 2.17. The molecule has 0 unspecified atom stereocenters. The zero-order chi connectivity index (χ0) is 11.4. The van der Waals surface area contributed by atoms with Gasteiger partial charge in [0.05, 0.1) is 0 Å². The van der Waals surface area contributed by atoms with Gasteiger partial charge in [0.25, 0.3) is 0 Å². The Morgan fingerprint density at radius 2 is 2.00 bits per heavy atom. The Hall–Kier alpha value is -1.09. The molecule has 0 atom stereocenters. The van der Waals surface area contributed by atoms with Gasteiger partial charge < -0.3 is 10.2 Å². The Morgan fingerprint density at radius 3 is 2.53 bits per heavy atom. The van der Waals surface area contributed by atoms with Crippen LogP contribution in [0.1, 0.15) is 25.1 Å². The van der Waals surface area contributed by atoms with E-state index in [1.54, 1.807) is 0 Å². The van der Waals surface area contributed by atoms with Gasteiger partial charge in [0.1, 0.15) is 5.82 Å². The summed E-state index contributed by atoms with van der Waals surface area (Å²) in [4.78, 5) is 6.49. The predicted molar refractivity (Wildman–Crippen MR) is 65.3 cm³/mol. The van der Waals surface area contributed by atoms with Crippen molar-refractivity contribution in [2.45, 2.75) is 33.4 Å². The van der Waals surface area contributed by atoms with Gasteiger partial charge in [0.15, 0.2) is 0 Å². The van der Waals surface area contributed by atoms with E-state index in [-0.39, 0.29) is 0 Å². The van der Waals surface area contributed by atoms with Gasteiger partial charge >= 0.3 is 0 Å². The molecule has 0 aromatic carbocycles. The van der Waals surface area contributed by atoms with Gasteiger partial charge in [-0.05, 0) is 24.6 Å². The average Bonchev–Trinajstić information content (AvgIpc) is 2.13. The number of pyridine rings is 1. The van der Waals surface area contributed by atoms with Crippen LogP contribution < -0.4 is 10.2 Å². The summed E-state index contributed by atoms with van der Waals surface area (Å²) in [6.07, 6.45) is 0. The van der Waals surface area contributed by atoms with E-state index in [4.69, 9.17) is 0 Å². The SMILES string of the molecule is Cc1cc(CNC(C)C)cc(N(C)C)n1. The molecule has 15 heavy (non-hydrogen) atoms. The molecule has 0 fully saturated rings. The summed E-state index contributed by atoms with van der Waals surface area (Å²) in [5, 5.41) is 3.41. The summed E-state index contributed by atoms with van der Waals surface area (Å²) in [5.41, 5.74) is 2.36. The quantitative estimate of drug-likeness (QED) is 0.818. The molecule has 0 spiro atoms. The van der Waals surface area contributed by atoms with Crippen molar-refractivity contribution in [1.29, 1.82) is 0 Å². The molecule has 0 aliphatic rings. The Balaban J connectivity index is 2.79. The molecule has 3 heteroatoms. The maximum absolute atomic E-state index is 4.46. The number of rotatable bonds is 4. The summed E-state index contributed by atoms with van der Waals surface area (Å²) < 4.78 is 0. The third-order valence-electron chi connectivity index (χ3n) is 2.17. The van der Waals surface area contributed by atoms with Crippen LogP contribution in [0.2, 0.25) is 0 Å². The highest BCUT2D eigenvalue weighted by Gasteiger charge is 2.02. The van der Waals surface area contributed by atoms with Crippen LogP contribution in [0.5, 0.6) is 0 Å². The molecule has 0 saturated carbocycles. The maximum atomic E-state index is 4.46. The lowest BCUT2D eigenvalue weighted by molar-refractivity contribution is 0.588. The van der Waals surface area contributed by atoms with E-state index >= 15 is 0 Å². The summed E-state index contributed by atoms with van der Waals surface area (Å²) >= 11 is 0. The lowest BCUT2D eigenvalue weighted by Crippen LogP contribution is -2.22. The first-order valence-electron chi connectivity index (χ1n) is 5.37. The molecule has 1 N–H and O–H groups in total. The van der Waals surface area contributed by atoms with Crippen LogP contribution >= 0.6 is 0 Å². The van der Waals surface area contributed by atoms with Crippen molar-refractivity contribution in [2.75, 3.05) is 19.0 Å². The number of aryl methyl sites for hydroxylation is 1. The lowest BCUT2D eigenvalue weighted by Gasteiger charge is -2.14. The number of nitrogens with zero attached hydrogens (tertiary/aromatic N) is 2. The minimum Gasteiger partial charge on any atom is -0.363 e. The molecule has 0 aliphatic carbocycles. The number of aromatic nitrogens is 1. The van der Waals surface area contributed by atoms with Gasteiger partial charge in [-0.1, -0.05) is 13.8 Å². The van der Waals surface area contributed by atoms with E-state index < -0.39 is 0 Å². The summed E-state index contributed by atoms with van der Waals surface area (Å²) in [7, 11) is 4.03. The van der Waals surface area contributed by atoms with E-state index in [9.17, 15) is 0 Å². The molecule has 84 valence electrons. The standard InChI is InChI=1S/C12H21N3/c1-9(2)13-8-11-6-10(3)14-12(7-11)15(4)5/h6-7,9,13H,8H2,1-5H3. The molecule has 1 rings (SSSR count). The van der Waals surface area contributed by atoms with Crippen molar-refractivity contribution < 1.29 is 0 Å².